The first kappa shape index (κ1) is 22.2. The molecule has 0 aromatic carbocycles. The SMILES string of the molecule is CCNC(=NCCCOCC1CCCO1)NCCN(C)CCCOC. The van der Waals surface area contributed by atoms with Gasteiger partial charge in [-0.1, -0.05) is 0 Å². The fraction of sp³-hybridized carbons (Fsp3) is 0.944. The Bertz CT molecular complexity index is 336. The third-order valence-corrected chi connectivity index (χ3v) is 4.06. The summed E-state index contributed by atoms with van der Waals surface area (Å²) in [6.45, 7) is 9.79. The predicted molar refractivity (Wildman–Crippen MR) is 102 cm³/mol. The molecule has 1 aliphatic rings. The van der Waals surface area contributed by atoms with Gasteiger partial charge in [0.25, 0.3) is 0 Å². The van der Waals surface area contributed by atoms with Crippen LogP contribution in [-0.4, -0.2) is 90.3 Å². The second-order valence-corrected chi connectivity index (χ2v) is 6.40. The Hall–Kier alpha value is -0.890. The van der Waals surface area contributed by atoms with Crippen LogP contribution >= 0.6 is 0 Å². The van der Waals surface area contributed by atoms with Gasteiger partial charge in [0.1, 0.15) is 0 Å². The second kappa shape index (κ2) is 15.4. The summed E-state index contributed by atoms with van der Waals surface area (Å²) in [5.41, 5.74) is 0. The number of nitrogens with zero attached hydrogens (tertiary/aromatic N) is 2. The van der Waals surface area contributed by atoms with Gasteiger partial charge < -0.3 is 29.7 Å². The standard InChI is InChI=1S/C18H38N4O3/c1-4-19-18(21-10-12-22(2)11-7-13-23-3)20-9-6-14-24-16-17-8-5-15-25-17/h17H,4-16H2,1-3H3,(H2,19,20,21). The minimum Gasteiger partial charge on any atom is -0.385 e. The van der Waals surface area contributed by atoms with Gasteiger partial charge in [0.15, 0.2) is 5.96 Å². The molecule has 7 heteroatoms. The van der Waals surface area contributed by atoms with Gasteiger partial charge in [0.2, 0.25) is 0 Å². The van der Waals surface area contributed by atoms with Crippen molar-refractivity contribution in [3.8, 4) is 0 Å². The van der Waals surface area contributed by atoms with Crippen LogP contribution < -0.4 is 10.6 Å². The summed E-state index contributed by atoms with van der Waals surface area (Å²) in [7, 11) is 3.88. The normalized spacial score (nSPS) is 18.1. The Balaban J connectivity index is 2.07. The zero-order valence-corrected chi connectivity index (χ0v) is 16.4. The summed E-state index contributed by atoms with van der Waals surface area (Å²) in [4.78, 5) is 6.90. The first-order valence-corrected chi connectivity index (χ1v) is 9.65. The molecule has 1 heterocycles. The number of hydrogen-bond donors (Lipinski definition) is 2. The highest BCUT2D eigenvalue weighted by Crippen LogP contribution is 2.11. The van der Waals surface area contributed by atoms with E-state index in [1.165, 1.54) is 0 Å². The molecule has 0 aromatic rings. The summed E-state index contributed by atoms with van der Waals surface area (Å²) < 4.78 is 16.3. The first-order chi connectivity index (χ1) is 12.3. The molecule has 25 heavy (non-hydrogen) atoms. The van der Waals surface area contributed by atoms with Crippen LogP contribution in [0.5, 0.6) is 0 Å². The first-order valence-electron chi connectivity index (χ1n) is 9.65. The van der Waals surface area contributed by atoms with E-state index in [1.54, 1.807) is 7.11 Å². The maximum atomic E-state index is 5.67. The summed E-state index contributed by atoms with van der Waals surface area (Å²) in [5, 5.41) is 6.67. The van der Waals surface area contributed by atoms with Crippen molar-refractivity contribution in [2.75, 3.05) is 73.3 Å². The van der Waals surface area contributed by atoms with Crippen molar-refractivity contribution >= 4 is 5.96 Å². The van der Waals surface area contributed by atoms with Crippen LogP contribution in [0.2, 0.25) is 0 Å². The summed E-state index contributed by atoms with van der Waals surface area (Å²) in [5.74, 6) is 0.881. The molecule has 0 radical (unpaired) electrons. The second-order valence-electron chi connectivity index (χ2n) is 6.40. The molecular weight excluding hydrogens is 320 g/mol. The molecule has 0 aromatic heterocycles. The van der Waals surface area contributed by atoms with Gasteiger partial charge in [0.05, 0.1) is 12.7 Å². The van der Waals surface area contributed by atoms with Gasteiger partial charge in [-0.2, -0.15) is 0 Å². The quantitative estimate of drug-likeness (QED) is 0.275. The van der Waals surface area contributed by atoms with Gasteiger partial charge in [-0.15, -0.1) is 0 Å². The number of likely N-dealkylation sites (N-methyl/N-ethyl adjacent to an activating group) is 1. The van der Waals surface area contributed by atoms with E-state index in [4.69, 9.17) is 14.2 Å². The molecule has 0 spiro atoms. The zero-order chi connectivity index (χ0) is 18.2. The lowest BCUT2D eigenvalue weighted by atomic mass is 10.2. The molecule has 0 saturated carbocycles. The van der Waals surface area contributed by atoms with Crippen molar-refractivity contribution in [3.63, 3.8) is 0 Å². The number of aliphatic imine (C=N–C) groups is 1. The minimum atomic E-state index is 0.309. The van der Waals surface area contributed by atoms with E-state index in [1.807, 2.05) is 0 Å². The number of guanidine groups is 1. The van der Waals surface area contributed by atoms with Gasteiger partial charge in [-0.05, 0) is 39.7 Å². The number of hydrogen-bond acceptors (Lipinski definition) is 5. The van der Waals surface area contributed by atoms with E-state index in [0.29, 0.717) is 6.10 Å². The predicted octanol–water partition coefficient (Wildman–Crippen LogP) is 1.10. The topological polar surface area (TPSA) is 67.4 Å². The van der Waals surface area contributed by atoms with Crippen molar-refractivity contribution < 1.29 is 14.2 Å². The summed E-state index contributed by atoms with van der Waals surface area (Å²) >= 11 is 0. The van der Waals surface area contributed by atoms with Crippen molar-refractivity contribution in [2.24, 2.45) is 4.99 Å². The van der Waals surface area contributed by atoms with Crippen molar-refractivity contribution in [1.29, 1.82) is 0 Å². The smallest absolute Gasteiger partial charge is 0.191 e. The molecule has 0 amide bonds. The number of nitrogens with one attached hydrogen (secondary N) is 2. The Kier molecular flexibility index (Phi) is 13.6. The summed E-state index contributed by atoms with van der Waals surface area (Å²) in [6.07, 6.45) is 4.60. The zero-order valence-electron chi connectivity index (χ0n) is 16.4. The van der Waals surface area contributed by atoms with E-state index in [9.17, 15) is 0 Å². The van der Waals surface area contributed by atoms with Crippen molar-refractivity contribution in [3.05, 3.63) is 0 Å². The highest BCUT2D eigenvalue weighted by atomic mass is 16.5. The van der Waals surface area contributed by atoms with Gasteiger partial charge in [-0.3, -0.25) is 4.99 Å². The molecule has 0 bridgehead atoms. The Morgan fingerprint density at radius 3 is 2.84 bits per heavy atom. The molecular formula is C18H38N4O3. The molecule has 148 valence electrons. The fourth-order valence-corrected chi connectivity index (χ4v) is 2.65. The van der Waals surface area contributed by atoms with Crippen LogP contribution in [0, 0.1) is 0 Å². The van der Waals surface area contributed by atoms with Crippen molar-refractivity contribution in [2.45, 2.75) is 38.7 Å². The molecule has 1 unspecified atom stereocenters. The fourth-order valence-electron chi connectivity index (χ4n) is 2.65. The highest BCUT2D eigenvalue weighted by molar-refractivity contribution is 5.79. The van der Waals surface area contributed by atoms with Gasteiger partial charge in [-0.25, -0.2) is 0 Å². The number of ether oxygens (including phenoxy) is 3. The Morgan fingerprint density at radius 2 is 2.12 bits per heavy atom. The van der Waals surface area contributed by atoms with E-state index in [-0.39, 0.29) is 0 Å². The third-order valence-electron chi connectivity index (χ3n) is 4.06. The molecule has 0 aliphatic carbocycles. The molecule has 2 N–H and O–H groups in total. The molecule has 1 fully saturated rings. The van der Waals surface area contributed by atoms with E-state index in [0.717, 1.165) is 90.8 Å². The van der Waals surface area contributed by atoms with Crippen LogP contribution in [0.3, 0.4) is 0 Å². The van der Waals surface area contributed by atoms with E-state index >= 15 is 0 Å². The minimum absolute atomic E-state index is 0.309. The Labute approximate surface area is 153 Å². The summed E-state index contributed by atoms with van der Waals surface area (Å²) in [6, 6.07) is 0. The van der Waals surface area contributed by atoms with E-state index < -0.39 is 0 Å². The highest BCUT2D eigenvalue weighted by Gasteiger charge is 2.14. The molecule has 1 rings (SSSR count). The molecule has 1 saturated heterocycles. The van der Waals surface area contributed by atoms with Crippen LogP contribution in [0.1, 0.15) is 32.6 Å². The maximum Gasteiger partial charge on any atom is 0.191 e. The maximum absolute atomic E-state index is 5.67. The van der Waals surface area contributed by atoms with Crippen LogP contribution in [-0.2, 0) is 14.2 Å². The average Bonchev–Trinajstić information content (AvgIpc) is 3.11. The van der Waals surface area contributed by atoms with E-state index in [2.05, 4.69) is 34.5 Å². The van der Waals surface area contributed by atoms with Crippen molar-refractivity contribution in [1.82, 2.24) is 15.5 Å². The lowest BCUT2D eigenvalue weighted by Crippen LogP contribution is -2.41. The largest absolute Gasteiger partial charge is 0.385 e. The number of methoxy groups -OCH3 is 1. The van der Waals surface area contributed by atoms with Gasteiger partial charge >= 0.3 is 0 Å². The van der Waals surface area contributed by atoms with Crippen LogP contribution in [0.4, 0.5) is 0 Å². The molecule has 1 aliphatic heterocycles. The lowest BCUT2D eigenvalue weighted by Gasteiger charge is -2.18. The third kappa shape index (κ3) is 12.2. The molecule has 7 nitrogen and oxygen atoms in total. The average molecular weight is 359 g/mol. The number of rotatable bonds is 14. The van der Waals surface area contributed by atoms with Crippen LogP contribution in [0.15, 0.2) is 4.99 Å². The van der Waals surface area contributed by atoms with Gasteiger partial charge in [0, 0.05) is 59.7 Å². The lowest BCUT2D eigenvalue weighted by molar-refractivity contribution is 0.0171. The Morgan fingerprint density at radius 1 is 1.24 bits per heavy atom. The van der Waals surface area contributed by atoms with Crippen LogP contribution in [0.25, 0.3) is 0 Å². The monoisotopic (exact) mass is 358 g/mol. The molecule has 1 atom stereocenters.